The van der Waals surface area contributed by atoms with Crippen LogP contribution in [0, 0.1) is 0 Å². The SMILES string of the molecule is Cn1c(=O)ccc2ccc(-c3csc(NC(=O)CN)n3)cc21. The molecule has 0 bridgehead atoms. The molecule has 112 valence electrons. The van der Waals surface area contributed by atoms with E-state index < -0.39 is 0 Å². The second-order valence-corrected chi connectivity index (χ2v) is 5.65. The number of aromatic nitrogens is 2. The van der Waals surface area contributed by atoms with E-state index in [1.54, 1.807) is 23.7 Å². The van der Waals surface area contributed by atoms with Gasteiger partial charge >= 0.3 is 0 Å². The lowest BCUT2D eigenvalue weighted by atomic mass is 10.1. The quantitative estimate of drug-likeness (QED) is 0.767. The molecule has 0 fully saturated rings. The van der Waals surface area contributed by atoms with Crippen LogP contribution >= 0.6 is 11.3 Å². The van der Waals surface area contributed by atoms with E-state index >= 15 is 0 Å². The minimum Gasteiger partial charge on any atom is -0.322 e. The number of amides is 1. The van der Waals surface area contributed by atoms with Gasteiger partial charge in [0.15, 0.2) is 5.13 Å². The van der Waals surface area contributed by atoms with Crippen molar-refractivity contribution in [3.8, 4) is 11.3 Å². The minimum atomic E-state index is -0.276. The summed E-state index contributed by atoms with van der Waals surface area (Å²) in [6.07, 6.45) is 0. The van der Waals surface area contributed by atoms with Crippen molar-refractivity contribution >= 4 is 33.3 Å². The highest BCUT2D eigenvalue weighted by atomic mass is 32.1. The Bertz CT molecular complexity index is 913. The average Bonchev–Trinajstić information content (AvgIpc) is 2.99. The largest absolute Gasteiger partial charge is 0.322 e. The van der Waals surface area contributed by atoms with Gasteiger partial charge in [-0.05, 0) is 17.5 Å². The fourth-order valence-electron chi connectivity index (χ4n) is 2.16. The van der Waals surface area contributed by atoms with E-state index in [9.17, 15) is 9.59 Å². The average molecular weight is 314 g/mol. The second-order valence-electron chi connectivity index (χ2n) is 4.79. The molecule has 2 heterocycles. The van der Waals surface area contributed by atoms with Crippen LogP contribution in [0.2, 0.25) is 0 Å². The maximum Gasteiger partial charge on any atom is 0.250 e. The second kappa shape index (κ2) is 5.70. The van der Waals surface area contributed by atoms with Crippen molar-refractivity contribution in [1.29, 1.82) is 0 Å². The van der Waals surface area contributed by atoms with E-state index in [4.69, 9.17) is 5.73 Å². The van der Waals surface area contributed by atoms with E-state index in [1.807, 2.05) is 23.6 Å². The smallest absolute Gasteiger partial charge is 0.250 e. The summed E-state index contributed by atoms with van der Waals surface area (Å²) >= 11 is 1.33. The predicted molar refractivity (Wildman–Crippen MR) is 88.0 cm³/mol. The normalized spacial score (nSPS) is 10.8. The molecule has 0 aliphatic carbocycles. The molecule has 1 aromatic carbocycles. The summed E-state index contributed by atoms with van der Waals surface area (Å²) in [6, 6.07) is 9.15. The molecule has 0 aliphatic rings. The fourth-order valence-corrected chi connectivity index (χ4v) is 2.90. The molecule has 1 amide bonds. The van der Waals surface area contributed by atoms with E-state index in [-0.39, 0.29) is 18.0 Å². The van der Waals surface area contributed by atoms with Gasteiger partial charge in [0.05, 0.1) is 17.8 Å². The molecular formula is C15H14N4O2S. The molecule has 0 saturated carbocycles. The van der Waals surface area contributed by atoms with Gasteiger partial charge in [-0.1, -0.05) is 12.1 Å². The van der Waals surface area contributed by atoms with Gasteiger partial charge in [0.2, 0.25) is 5.91 Å². The first-order valence-electron chi connectivity index (χ1n) is 6.64. The van der Waals surface area contributed by atoms with Crippen molar-refractivity contribution in [2.45, 2.75) is 0 Å². The highest BCUT2D eigenvalue weighted by Gasteiger charge is 2.08. The third kappa shape index (κ3) is 2.63. The van der Waals surface area contributed by atoms with Crippen molar-refractivity contribution in [3.05, 3.63) is 46.1 Å². The summed E-state index contributed by atoms with van der Waals surface area (Å²) in [4.78, 5) is 27.4. The van der Waals surface area contributed by atoms with Crippen molar-refractivity contribution in [3.63, 3.8) is 0 Å². The van der Waals surface area contributed by atoms with Crippen LogP contribution in [-0.2, 0) is 11.8 Å². The number of hydrogen-bond donors (Lipinski definition) is 2. The molecule has 0 saturated heterocycles. The van der Waals surface area contributed by atoms with E-state index in [1.165, 1.54) is 11.3 Å². The molecule has 22 heavy (non-hydrogen) atoms. The van der Waals surface area contributed by atoms with Crippen LogP contribution in [0.15, 0.2) is 40.5 Å². The third-order valence-corrected chi connectivity index (χ3v) is 4.12. The van der Waals surface area contributed by atoms with Gasteiger partial charge in [0, 0.05) is 24.1 Å². The Hall–Kier alpha value is -2.51. The molecule has 7 heteroatoms. The fraction of sp³-hybridized carbons (Fsp3) is 0.133. The number of thiazole rings is 1. The highest BCUT2D eigenvalue weighted by Crippen LogP contribution is 2.27. The Balaban J connectivity index is 2.02. The minimum absolute atomic E-state index is 0.0566. The number of rotatable bonds is 3. The van der Waals surface area contributed by atoms with Gasteiger partial charge in [-0.15, -0.1) is 11.3 Å². The maximum absolute atomic E-state index is 11.7. The number of benzene rings is 1. The molecule has 6 nitrogen and oxygen atoms in total. The van der Waals surface area contributed by atoms with Crippen LogP contribution in [0.3, 0.4) is 0 Å². The number of anilines is 1. The summed E-state index contributed by atoms with van der Waals surface area (Å²) in [5.41, 5.74) is 7.68. The topological polar surface area (TPSA) is 90.0 Å². The Labute approximate surface area is 130 Å². The van der Waals surface area contributed by atoms with Crippen LogP contribution in [0.1, 0.15) is 0 Å². The van der Waals surface area contributed by atoms with Crippen molar-refractivity contribution in [2.75, 3.05) is 11.9 Å². The Morgan fingerprint density at radius 1 is 1.36 bits per heavy atom. The lowest BCUT2D eigenvalue weighted by molar-refractivity contribution is -0.114. The van der Waals surface area contributed by atoms with Crippen LogP contribution in [0.25, 0.3) is 22.2 Å². The summed E-state index contributed by atoms with van der Waals surface area (Å²) in [7, 11) is 1.74. The maximum atomic E-state index is 11.7. The van der Waals surface area contributed by atoms with Gasteiger partial charge in [-0.25, -0.2) is 4.98 Å². The van der Waals surface area contributed by atoms with Crippen LogP contribution in [-0.4, -0.2) is 22.0 Å². The zero-order chi connectivity index (χ0) is 15.7. The molecular weight excluding hydrogens is 300 g/mol. The molecule has 0 aliphatic heterocycles. The molecule has 2 aromatic heterocycles. The Morgan fingerprint density at radius 3 is 2.91 bits per heavy atom. The zero-order valence-corrected chi connectivity index (χ0v) is 12.7. The van der Waals surface area contributed by atoms with Gasteiger partial charge in [0.25, 0.3) is 5.56 Å². The number of nitrogens with one attached hydrogen (secondary N) is 1. The lowest BCUT2D eigenvalue weighted by Crippen LogP contribution is -2.21. The summed E-state index contributed by atoms with van der Waals surface area (Å²) in [5.74, 6) is -0.276. The van der Waals surface area contributed by atoms with E-state index in [0.29, 0.717) is 5.13 Å². The molecule has 3 aromatic rings. The summed E-state index contributed by atoms with van der Waals surface area (Å²) in [5, 5.41) is 5.97. The molecule has 0 spiro atoms. The third-order valence-electron chi connectivity index (χ3n) is 3.36. The van der Waals surface area contributed by atoms with Crippen LogP contribution in [0.4, 0.5) is 5.13 Å². The first-order valence-corrected chi connectivity index (χ1v) is 7.52. The molecule has 0 atom stereocenters. The van der Waals surface area contributed by atoms with Crippen molar-refractivity contribution in [1.82, 2.24) is 9.55 Å². The van der Waals surface area contributed by atoms with Gasteiger partial charge in [0.1, 0.15) is 0 Å². The molecule has 0 unspecified atom stereocenters. The Kier molecular flexibility index (Phi) is 3.74. The van der Waals surface area contributed by atoms with Crippen LogP contribution in [0.5, 0.6) is 0 Å². The summed E-state index contributed by atoms with van der Waals surface area (Å²) in [6.45, 7) is -0.0764. The first-order chi connectivity index (χ1) is 10.6. The molecule has 3 rings (SSSR count). The monoisotopic (exact) mass is 314 g/mol. The number of fused-ring (bicyclic) bond motifs is 1. The van der Waals surface area contributed by atoms with Gasteiger partial charge in [-0.2, -0.15) is 0 Å². The molecule has 3 N–H and O–H groups in total. The van der Waals surface area contributed by atoms with E-state index in [0.717, 1.165) is 22.2 Å². The van der Waals surface area contributed by atoms with Gasteiger partial charge in [-0.3, -0.25) is 9.59 Å². The standard InChI is InChI=1S/C15H14N4O2S/c1-19-12-6-10(3-2-9(12)4-5-14(19)21)11-8-22-15(17-11)18-13(20)7-16/h2-6,8H,7,16H2,1H3,(H,17,18,20). The summed E-state index contributed by atoms with van der Waals surface area (Å²) < 4.78 is 1.60. The number of hydrogen-bond acceptors (Lipinski definition) is 5. The predicted octanol–water partition coefficient (Wildman–Crippen LogP) is 1.56. The number of pyridine rings is 1. The number of carbonyl (C=O) groups excluding carboxylic acids is 1. The number of nitrogens with two attached hydrogens (primary N) is 1. The van der Waals surface area contributed by atoms with Gasteiger partial charge < -0.3 is 15.6 Å². The van der Waals surface area contributed by atoms with Crippen LogP contribution < -0.4 is 16.6 Å². The zero-order valence-electron chi connectivity index (χ0n) is 11.9. The number of nitrogens with zero attached hydrogens (tertiary/aromatic N) is 2. The van der Waals surface area contributed by atoms with Crippen molar-refractivity contribution < 1.29 is 4.79 Å². The molecule has 0 radical (unpaired) electrons. The number of aryl methyl sites for hydroxylation is 1. The highest BCUT2D eigenvalue weighted by molar-refractivity contribution is 7.14. The first kappa shape index (κ1) is 14.4. The van der Waals surface area contributed by atoms with E-state index in [2.05, 4.69) is 10.3 Å². The Morgan fingerprint density at radius 2 is 2.14 bits per heavy atom. The lowest BCUT2D eigenvalue weighted by Gasteiger charge is -2.06. The van der Waals surface area contributed by atoms with Crippen molar-refractivity contribution in [2.24, 2.45) is 12.8 Å². The number of carbonyl (C=O) groups is 1.